The summed E-state index contributed by atoms with van der Waals surface area (Å²) >= 11 is 0. The molecule has 0 fully saturated rings. The Labute approximate surface area is 332 Å². The molecule has 3 N–H and O–H groups in total. The Morgan fingerprint density at radius 1 is 0.564 bits per heavy atom. The lowest BCUT2D eigenvalue weighted by Gasteiger charge is -2.20. The van der Waals surface area contributed by atoms with Crippen LogP contribution in [0.1, 0.15) is 142 Å². The van der Waals surface area contributed by atoms with E-state index >= 15 is 0 Å². The lowest BCUT2D eigenvalue weighted by Crippen LogP contribution is -2.29. The molecule has 0 rings (SSSR count). The van der Waals surface area contributed by atoms with Crippen LogP contribution in [-0.2, 0) is 32.7 Å². The summed E-state index contributed by atoms with van der Waals surface area (Å²) in [7, 11) is -4.64. The van der Waals surface area contributed by atoms with Crippen LogP contribution in [0.15, 0.2) is 85.1 Å². The van der Waals surface area contributed by atoms with Crippen molar-refractivity contribution in [1.29, 1.82) is 0 Å². The number of hydrogen-bond acceptors (Lipinski definition) is 9. The molecule has 0 aliphatic heterocycles. The Hall–Kier alpha value is -2.85. The molecule has 0 aliphatic carbocycles. The van der Waals surface area contributed by atoms with Crippen molar-refractivity contribution in [2.45, 2.75) is 154 Å². The van der Waals surface area contributed by atoms with Crippen LogP contribution >= 0.6 is 7.82 Å². The van der Waals surface area contributed by atoms with Crippen LogP contribution in [-0.4, -0.2) is 65.7 Å². The molecule has 0 bridgehead atoms. The number of phosphoric acid groups is 1. The maximum Gasteiger partial charge on any atom is 0.472 e. The highest BCUT2D eigenvalue weighted by Crippen LogP contribution is 2.43. The molecule has 0 aromatic rings. The highest BCUT2D eigenvalue weighted by molar-refractivity contribution is 7.47. The number of aliphatic hydroxyl groups excluding tert-OH is 2. The smallest absolute Gasteiger partial charge is 0.462 e. The van der Waals surface area contributed by atoms with Gasteiger partial charge in [0.1, 0.15) is 12.7 Å². The van der Waals surface area contributed by atoms with Gasteiger partial charge < -0.3 is 24.6 Å². The Bertz CT molecular complexity index is 1190. The molecule has 0 aliphatic rings. The molecule has 10 nitrogen and oxygen atoms in total. The summed E-state index contributed by atoms with van der Waals surface area (Å²) in [5.41, 5.74) is 0. The zero-order valence-corrected chi connectivity index (χ0v) is 34.7. The molecule has 11 heteroatoms. The van der Waals surface area contributed by atoms with E-state index in [1.54, 1.807) is 0 Å². The van der Waals surface area contributed by atoms with Crippen LogP contribution in [0.25, 0.3) is 0 Å². The highest BCUT2D eigenvalue weighted by atomic mass is 31.2. The van der Waals surface area contributed by atoms with E-state index in [1.807, 2.05) is 18.2 Å². The average Bonchev–Trinajstić information content (AvgIpc) is 3.17. The third-order valence-corrected chi connectivity index (χ3v) is 9.00. The first-order valence-corrected chi connectivity index (χ1v) is 22.0. The third kappa shape index (κ3) is 39.2. The molecular formula is C44H73O10P. The van der Waals surface area contributed by atoms with E-state index in [1.165, 1.54) is 25.7 Å². The van der Waals surface area contributed by atoms with Crippen molar-refractivity contribution in [1.82, 2.24) is 0 Å². The molecule has 314 valence electrons. The maximum atomic E-state index is 12.5. The quantitative estimate of drug-likeness (QED) is 0.0240. The number of ether oxygens (including phenoxy) is 2. The van der Waals surface area contributed by atoms with Crippen LogP contribution < -0.4 is 0 Å². The van der Waals surface area contributed by atoms with Gasteiger partial charge in [0.2, 0.25) is 0 Å². The van der Waals surface area contributed by atoms with E-state index in [4.69, 9.17) is 19.1 Å². The van der Waals surface area contributed by atoms with E-state index in [2.05, 4.69) is 85.2 Å². The van der Waals surface area contributed by atoms with Gasteiger partial charge in [-0.3, -0.25) is 18.6 Å². The number of carbonyl (C=O) groups is 2. The first-order valence-electron chi connectivity index (χ1n) is 20.5. The molecule has 3 unspecified atom stereocenters. The number of rotatable bonds is 37. The topological polar surface area (TPSA) is 149 Å². The Kier molecular flexibility index (Phi) is 37.3. The molecule has 55 heavy (non-hydrogen) atoms. The molecule has 0 radical (unpaired) electrons. The summed E-state index contributed by atoms with van der Waals surface area (Å²) in [5, 5.41) is 18.3. The normalized spacial score (nSPS) is 14.8. The number of aliphatic hydroxyl groups is 2. The molecule has 0 aromatic carbocycles. The largest absolute Gasteiger partial charge is 0.472 e. The second kappa shape index (κ2) is 39.4. The minimum absolute atomic E-state index is 0.0552. The fraction of sp³-hybridized carbons (Fsp3) is 0.636. The summed E-state index contributed by atoms with van der Waals surface area (Å²) in [6, 6.07) is 0. The van der Waals surface area contributed by atoms with Crippen molar-refractivity contribution < 1.29 is 47.8 Å². The maximum absolute atomic E-state index is 12.5. The van der Waals surface area contributed by atoms with Crippen molar-refractivity contribution in [2.24, 2.45) is 0 Å². The monoisotopic (exact) mass is 792 g/mol. The Morgan fingerprint density at radius 2 is 1.04 bits per heavy atom. The SMILES string of the molecule is CC/C=C\C/C=C\C/C=C\C/C=C\CCC(=O)OC(COC(=O)CCCCCCCC/C=C\C/C=C\C/C=C\CCCCC)COP(=O)(O)OCC(O)CO. The second-order valence-electron chi connectivity index (χ2n) is 13.3. The molecule has 0 heterocycles. The van der Waals surface area contributed by atoms with Gasteiger partial charge >= 0.3 is 19.8 Å². The summed E-state index contributed by atoms with van der Waals surface area (Å²) in [6.07, 6.45) is 45.7. The molecule has 0 amide bonds. The van der Waals surface area contributed by atoms with Crippen molar-refractivity contribution in [3.8, 4) is 0 Å². The van der Waals surface area contributed by atoms with E-state index in [0.29, 0.717) is 12.8 Å². The van der Waals surface area contributed by atoms with Crippen LogP contribution in [0.2, 0.25) is 0 Å². The van der Waals surface area contributed by atoms with Crippen molar-refractivity contribution >= 4 is 19.8 Å². The van der Waals surface area contributed by atoms with E-state index < -0.39 is 51.8 Å². The van der Waals surface area contributed by atoms with Gasteiger partial charge in [0, 0.05) is 12.8 Å². The first kappa shape index (κ1) is 52.2. The van der Waals surface area contributed by atoms with Crippen LogP contribution in [0.4, 0.5) is 0 Å². The number of phosphoric ester groups is 1. The number of hydrogen-bond donors (Lipinski definition) is 3. The van der Waals surface area contributed by atoms with Gasteiger partial charge in [0.15, 0.2) is 6.10 Å². The highest BCUT2D eigenvalue weighted by Gasteiger charge is 2.27. The molecular weight excluding hydrogens is 719 g/mol. The van der Waals surface area contributed by atoms with Gasteiger partial charge in [-0.15, -0.1) is 0 Å². The van der Waals surface area contributed by atoms with Crippen molar-refractivity contribution in [2.75, 3.05) is 26.4 Å². The van der Waals surface area contributed by atoms with Gasteiger partial charge in [0.25, 0.3) is 0 Å². The predicted molar refractivity (Wildman–Crippen MR) is 223 cm³/mol. The summed E-state index contributed by atoms with van der Waals surface area (Å²) in [4.78, 5) is 34.9. The predicted octanol–water partition coefficient (Wildman–Crippen LogP) is 10.7. The standard InChI is InChI=1S/C44H73O10P/c1-3-5-7-9-11-13-15-17-18-19-20-21-22-24-25-27-29-31-33-35-43(47)51-39-42(40-53-55(49,50)52-38-41(46)37-45)54-44(48)36-34-32-30-28-26-23-16-14-12-10-8-6-4-2/h6,8,11-14,17-18,20-21,23,26,30,32,41-42,45-46H,3-5,7,9-10,15-16,19,22,24-25,27-29,31,33-40H2,1-2H3,(H,49,50)/b8-6-,13-11-,14-12-,18-17-,21-20-,26-23-,32-30-. The average molecular weight is 793 g/mol. The van der Waals surface area contributed by atoms with Gasteiger partial charge in [-0.05, 0) is 77.0 Å². The summed E-state index contributed by atoms with van der Waals surface area (Å²) in [5.74, 6) is -1.04. The lowest BCUT2D eigenvalue weighted by molar-refractivity contribution is -0.161. The number of unbranched alkanes of at least 4 members (excludes halogenated alkanes) is 9. The van der Waals surface area contributed by atoms with Crippen LogP contribution in [0, 0.1) is 0 Å². The lowest BCUT2D eigenvalue weighted by atomic mass is 10.1. The van der Waals surface area contributed by atoms with Gasteiger partial charge in [-0.25, -0.2) is 4.57 Å². The third-order valence-electron chi connectivity index (χ3n) is 8.05. The van der Waals surface area contributed by atoms with Gasteiger partial charge in [-0.1, -0.05) is 137 Å². The number of allylic oxidation sites excluding steroid dienone is 14. The van der Waals surface area contributed by atoms with E-state index in [-0.39, 0.29) is 19.4 Å². The zero-order valence-electron chi connectivity index (χ0n) is 33.9. The molecule has 0 saturated carbocycles. The fourth-order valence-electron chi connectivity index (χ4n) is 4.89. The Morgan fingerprint density at radius 3 is 1.58 bits per heavy atom. The van der Waals surface area contributed by atoms with Crippen LogP contribution in [0.5, 0.6) is 0 Å². The summed E-state index contributed by atoms with van der Waals surface area (Å²) in [6.45, 7) is 2.11. The zero-order chi connectivity index (χ0) is 40.5. The molecule has 3 atom stereocenters. The van der Waals surface area contributed by atoms with Crippen LogP contribution in [0.3, 0.4) is 0 Å². The van der Waals surface area contributed by atoms with Gasteiger partial charge in [0.05, 0.1) is 19.8 Å². The van der Waals surface area contributed by atoms with E-state index in [0.717, 1.165) is 77.0 Å². The first-order chi connectivity index (χ1) is 26.7. The number of carbonyl (C=O) groups excluding carboxylic acids is 2. The van der Waals surface area contributed by atoms with Gasteiger partial charge in [-0.2, -0.15) is 0 Å². The molecule has 0 saturated heterocycles. The van der Waals surface area contributed by atoms with Crippen molar-refractivity contribution in [3.05, 3.63) is 85.1 Å². The second-order valence-corrected chi connectivity index (χ2v) is 14.7. The molecule has 0 aromatic heterocycles. The molecule has 0 spiro atoms. The number of esters is 2. The van der Waals surface area contributed by atoms with Crippen molar-refractivity contribution in [3.63, 3.8) is 0 Å². The Balaban J connectivity index is 4.42. The fourth-order valence-corrected chi connectivity index (χ4v) is 5.68. The minimum atomic E-state index is -4.64. The van der Waals surface area contributed by atoms with E-state index in [9.17, 15) is 24.2 Å². The minimum Gasteiger partial charge on any atom is -0.462 e. The summed E-state index contributed by atoms with van der Waals surface area (Å²) < 4.78 is 32.5.